The van der Waals surface area contributed by atoms with E-state index in [-0.39, 0.29) is 5.91 Å². The van der Waals surface area contributed by atoms with Crippen molar-refractivity contribution in [1.29, 1.82) is 0 Å². The molecule has 136 valence electrons. The van der Waals surface area contributed by atoms with E-state index in [4.69, 9.17) is 11.6 Å². The lowest BCUT2D eigenvalue weighted by atomic mass is 9.99. The number of carbonyl (C=O) groups is 1. The number of hydrogen-bond acceptors (Lipinski definition) is 3. The van der Waals surface area contributed by atoms with Gasteiger partial charge in [0.15, 0.2) is 0 Å². The first-order valence-corrected chi connectivity index (χ1v) is 9.38. The van der Waals surface area contributed by atoms with Crippen LogP contribution in [0.4, 0.5) is 5.69 Å². The van der Waals surface area contributed by atoms with Crippen LogP contribution >= 0.6 is 11.6 Å². The summed E-state index contributed by atoms with van der Waals surface area (Å²) in [5.74, 6) is -0.200. The Bertz CT molecular complexity index is 973. The Morgan fingerprint density at radius 2 is 1.85 bits per heavy atom. The molecular weight excluding hydrogens is 358 g/mol. The number of rotatable bonds is 4. The Labute approximate surface area is 163 Å². The zero-order chi connectivity index (χ0) is 18.6. The molecule has 0 spiro atoms. The molecule has 2 aromatic carbocycles. The summed E-state index contributed by atoms with van der Waals surface area (Å²) in [6, 6.07) is 19.8. The molecule has 0 atom stereocenters. The first kappa shape index (κ1) is 17.6. The highest BCUT2D eigenvalue weighted by molar-refractivity contribution is 6.31. The summed E-state index contributed by atoms with van der Waals surface area (Å²) >= 11 is 6.15. The normalized spacial score (nSPS) is 13.1. The van der Waals surface area contributed by atoms with Gasteiger partial charge < -0.3 is 10.2 Å². The summed E-state index contributed by atoms with van der Waals surface area (Å²) < 4.78 is 0. The summed E-state index contributed by atoms with van der Waals surface area (Å²) in [5, 5.41) is 3.54. The Morgan fingerprint density at radius 3 is 2.70 bits per heavy atom. The molecule has 0 radical (unpaired) electrons. The Balaban J connectivity index is 1.46. The lowest BCUT2D eigenvalue weighted by molar-refractivity contribution is 0.0946. The Morgan fingerprint density at radius 1 is 1.07 bits per heavy atom. The first-order valence-electron chi connectivity index (χ1n) is 9.00. The highest BCUT2D eigenvalue weighted by Crippen LogP contribution is 2.24. The highest BCUT2D eigenvalue weighted by Gasteiger charge is 2.17. The monoisotopic (exact) mass is 377 g/mol. The van der Waals surface area contributed by atoms with Crippen LogP contribution in [0.15, 0.2) is 66.9 Å². The summed E-state index contributed by atoms with van der Waals surface area (Å²) in [5.41, 5.74) is 5.06. The number of benzene rings is 2. The topological polar surface area (TPSA) is 45.2 Å². The maximum absolute atomic E-state index is 12.5. The number of anilines is 1. The molecule has 1 N–H and O–H groups in total. The third kappa shape index (κ3) is 3.96. The van der Waals surface area contributed by atoms with Crippen molar-refractivity contribution in [2.45, 2.75) is 19.5 Å². The smallest absolute Gasteiger partial charge is 0.270 e. The summed E-state index contributed by atoms with van der Waals surface area (Å²) in [4.78, 5) is 19.1. The minimum Gasteiger partial charge on any atom is -0.367 e. The van der Waals surface area contributed by atoms with Crippen molar-refractivity contribution in [1.82, 2.24) is 10.3 Å². The lowest BCUT2D eigenvalue weighted by Crippen LogP contribution is -2.31. The van der Waals surface area contributed by atoms with Gasteiger partial charge in [0.1, 0.15) is 5.69 Å². The number of amides is 1. The summed E-state index contributed by atoms with van der Waals surface area (Å²) in [6.07, 6.45) is 2.70. The average molecular weight is 378 g/mol. The Hall–Kier alpha value is -2.85. The fourth-order valence-corrected chi connectivity index (χ4v) is 3.57. The number of aromatic nitrogens is 1. The first-order chi connectivity index (χ1) is 13.2. The third-order valence-electron chi connectivity index (χ3n) is 4.87. The predicted molar refractivity (Wildman–Crippen MR) is 108 cm³/mol. The van der Waals surface area contributed by atoms with Gasteiger partial charge in [-0.1, -0.05) is 54.1 Å². The number of halogens is 1. The predicted octanol–water partition coefficient (Wildman–Crippen LogP) is 4.23. The number of fused-ring (bicyclic) bond motifs is 1. The quantitative estimate of drug-likeness (QED) is 0.740. The molecule has 0 fully saturated rings. The van der Waals surface area contributed by atoms with Crippen LogP contribution in [0.25, 0.3) is 0 Å². The minimum atomic E-state index is -0.200. The van der Waals surface area contributed by atoms with E-state index >= 15 is 0 Å². The van der Waals surface area contributed by atoms with Crippen LogP contribution in [-0.4, -0.2) is 17.4 Å². The van der Waals surface area contributed by atoms with Crippen LogP contribution in [0.3, 0.4) is 0 Å². The molecule has 0 unspecified atom stereocenters. The summed E-state index contributed by atoms with van der Waals surface area (Å²) in [7, 11) is 0. The Kier molecular flexibility index (Phi) is 5.07. The van der Waals surface area contributed by atoms with Crippen molar-refractivity contribution >= 4 is 23.2 Å². The van der Waals surface area contributed by atoms with Crippen LogP contribution in [0.5, 0.6) is 0 Å². The molecule has 3 aromatic rings. The molecule has 1 aliphatic heterocycles. The van der Waals surface area contributed by atoms with Crippen molar-refractivity contribution in [2.24, 2.45) is 0 Å². The van der Waals surface area contributed by atoms with E-state index in [1.807, 2.05) is 36.4 Å². The molecule has 4 nitrogen and oxygen atoms in total. The van der Waals surface area contributed by atoms with E-state index in [1.165, 1.54) is 11.1 Å². The SMILES string of the molecule is O=C(NCc1ccccc1Cl)c1cc(N2CCc3ccccc3C2)ccn1. The number of nitrogens with one attached hydrogen (secondary N) is 1. The van der Waals surface area contributed by atoms with E-state index < -0.39 is 0 Å². The third-order valence-corrected chi connectivity index (χ3v) is 5.24. The van der Waals surface area contributed by atoms with E-state index in [9.17, 15) is 4.79 Å². The minimum absolute atomic E-state index is 0.200. The van der Waals surface area contributed by atoms with Gasteiger partial charge in [0.05, 0.1) is 0 Å². The van der Waals surface area contributed by atoms with E-state index in [0.29, 0.717) is 17.3 Å². The van der Waals surface area contributed by atoms with Crippen LogP contribution in [0.1, 0.15) is 27.2 Å². The van der Waals surface area contributed by atoms with Gasteiger partial charge in [-0.15, -0.1) is 0 Å². The highest BCUT2D eigenvalue weighted by atomic mass is 35.5. The van der Waals surface area contributed by atoms with Crippen LogP contribution < -0.4 is 10.2 Å². The molecule has 1 aromatic heterocycles. The molecule has 0 bridgehead atoms. The second kappa shape index (κ2) is 7.80. The van der Waals surface area contributed by atoms with Gasteiger partial charge >= 0.3 is 0 Å². The van der Waals surface area contributed by atoms with Gasteiger partial charge in [0, 0.05) is 36.5 Å². The van der Waals surface area contributed by atoms with Crippen LogP contribution in [0, 0.1) is 0 Å². The average Bonchev–Trinajstić information content (AvgIpc) is 2.72. The molecular formula is C22H20ClN3O. The molecule has 4 rings (SSSR count). The molecule has 0 saturated carbocycles. The van der Waals surface area contributed by atoms with Crippen molar-refractivity contribution in [2.75, 3.05) is 11.4 Å². The van der Waals surface area contributed by atoms with Gasteiger partial charge in [-0.3, -0.25) is 9.78 Å². The second-order valence-electron chi connectivity index (χ2n) is 6.61. The van der Waals surface area contributed by atoms with E-state index in [2.05, 4.69) is 39.5 Å². The van der Waals surface area contributed by atoms with Crippen molar-refractivity contribution in [3.63, 3.8) is 0 Å². The van der Waals surface area contributed by atoms with Crippen molar-refractivity contribution < 1.29 is 4.79 Å². The number of carbonyl (C=O) groups excluding carboxylic acids is 1. The molecule has 0 saturated heterocycles. The van der Waals surface area contributed by atoms with Gasteiger partial charge in [-0.2, -0.15) is 0 Å². The van der Waals surface area contributed by atoms with Gasteiger partial charge in [0.2, 0.25) is 0 Å². The van der Waals surface area contributed by atoms with Gasteiger partial charge in [-0.25, -0.2) is 0 Å². The number of hydrogen-bond donors (Lipinski definition) is 1. The number of nitrogens with zero attached hydrogens (tertiary/aromatic N) is 2. The zero-order valence-electron chi connectivity index (χ0n) is 14.9. The zero-order valence-corrected chi connectivity index (χ0v) is 15.6. The molecule has 1 amide bonds. The van der Waals surface area contributed by atoms with Gasteiger partial charge in [0.25, 0.3) is 5.91 Å². The van der Waals surface area contributed by atoms with Crippen LogP contribution in [0.2, 0.25) is 5.02 Å². The molecule has 27 heavy (non-hydrogen) atoms. The van der Waals surface area contributed by atoms with E-state index in [1.54, 1.807) is 6.20 Å². The van der Waals surface area contributed by atoms with Crippen molar-refractivity contribution in [3.8, 4) is 0 Å². The largest absolute Gasteiger partial charge is 0.367 e. The standard InChI is InChI=1S/C22H20ClN3O/c23-20-8-4-3-6-17(20)14-25-22(27)21-13-19(9-11-24-21)26-12-10-16-5-1-2-7-18(16)15-26/h1-9,11,13H,10,12,14-15H2,(H,25,27). The fourth-order valence-electron chi connectivity index (χ4n) is 3.36. The lowest BCUT2D eigenvalue weighted by Gasteiger charge is -2.30. The van der Waals surface area contributed by atoms with Crippen LogP contribution in [-0.2, 0) is 19.5 Å². The van der Waals surface area contributed by atoms with E-state index in [0.717, 1.165) is 30.8 Å². The fraction of sp³-hybridized carbons (Fsp3) is 0.182. The second-order valence-corrected chi connectivity index (χ2v) is 7.02. The molecule has 2 heterocycles. The number of pyridine rings is 1. The molecule has 0 aliphatic carbocycles. The molecule has 1 aliphatic rings. The summed E-state index contributed by atoms with van der Waals surface area (Å²) in [6.45, 7) is 2.16. The van der Waals surface area contributed by atoms with Crippen molar-refractivity contribution in [3.05, 3.63) is 94.3 Å². The molecule has 5 heteroatoms. The maximum atomic E-state index is 12.5. The van der Waals surface area contributed by atoms with Gasteiger partial charge in [-0.05, 0) is 41.3 Å². The maximum Gasteiger partial charge on any atom is 0.270 e.